The Morgan fingerprint density at radius 3 is 2.57 bits per heavy atom. The molecule has 21 heavy (non-hydrogen) atoms. The first-order chi connectivity index (χ1) is 10.1. The van der Waals surface area contributed by atoms with E-state index in [-0.39, 0.29) is 11.5 Å². The van der Waals surface area contributed by atoms with E-state index in [4.69, 9.17) is 11.6 Å². The third kappa shape index (κ3) is 3.83. The average molecular weight is 299 g/mol. The van der Waals surface area contributed by atoms with E-state index in [1.165, 1.54) is 6.08 Å². The average Bonchev–Trinajstić information content (AvgIpc) is 2.49. The first-order valence-corrected chi connectivity index (χ1v) is 6.89. The van der Waals surface area contributed by atoms with Crippen LogP contribution in [0.15, 0.2) is 61.2 Å². The van der Waals surface area contributed by atoms with Gasteiger partial charge >= 0.3 is 0 Å². The van der Waals surface area contributed by atoms with Crippen LogP contribution in [0, 0.1) is 0 Å². The van der Waals surface area contributed by atoms with Crippen molar-refractivity contribution in [2.24, 2.45) is 0 Å². The molecular weight excluding hydrogens is 284 g/mol. The summed E-state index contributed by atoms with van der Waals surface area (Å²) in [4.78, 5) is 12.2. The highest BCUT2D eigenvalue weighted by molar-refractivity contribution is 6.30. The summed E-state index contributed by atoms with van der Waals surface area (Å²) >= 11 is 5.81. The molecule has 0 heterocycles. The third-order valence-electron chi connectivity index (χ3n) is 3.05. The molecule has 1 N–H and O–H groups in total. The Kier molecular flexibility index (Phi) is 4.96. The van der Waals surface area contributed by atoms with Crippen LogP contribution in [0.2, 0.25) is 5.02 Å². The monoisotopic (exact) mass is 298 g/mol. The van der Waals surface area contributed by atoms with Crippen molar-refractivity contribution in [3.63, 3.8) is 0 Å². The van der Waals surface area contributed by atoms with Crippen LogP contribution in [0.5, 0.6) is 5.75 Å². The van der Waals surface area contributed by atoms with Crippen molar-refractivity contribution in [2.75, 3.05) is 0 Å². The van der Waals surface area contributed by atoms with Crippen molar-refractivity contribution < 1.29 is 9.90 Å². The summed E-state index contributed by atoms with van der Waals surface area (Å²) in [5.74, 6) is -0.225. The first-order valence-electron chi connectivity index (χ1n) is 6.51. The fraction of sp³-hybridized carbons (Fsp3) is 0.0556. The van der Waals surface area contributed by atoms with Crippen LogP contribution in [0.25, 0.3) is 6.08 Å². The number of halogens is 1. The van der Waals surface area contributed by atoms with Gasteiger partial charge in [-0.2, -0.15) is 0 Å². The number of phenols is 1. The van der Waals surface area contributed by atoms with Crippen molar-refractivity contribution in [3.8, 4) is 5.75 Å². The topological polar surface area (TPSA) is 37.3 Å². The van der Waals surface area contributed by atoms with Gasteiger partial charge in [-0.3, -0.25) is 4.79 Å². The van der Waals surface area contributed by atoms with E-state index in [0.717, 1.165) is 5.56 Å². The predicted molar refractivity (Wildman–Crippen MR) is 86.8 cm³/mol. The number of allylic oxidation sites excluding steroid dienone is 2. The van der Waals surface area contributed by atoms with Gasteiger partial charge in [-0.1, -0.05) is 48.0 Å². The summed E-state index contributed by atoms with van der Waals surface area (Å²) in [6.45, 7) is 3.63. The zero-order chi connectivity index (χ0) is 15.2. The summed E-state index contributed by atoms with van der Waals surface area (Å²) in [6.07, 6.45) is 5.34. The summed E-state index contributed by atoms with van der Waals surface area (Å²) in [6, 6.07) is 12.3. The van der Waals surface area contributed by atoms with Gasteiger partial charge < -0.3 is 5.11 Å². The van der Waals surface area contributed by atoms with Crippen LogP contribution in [-0.2, 0) is 6.42 Å². The Morgan fingerprint density at radius 2 is 1.90 bits per heavy atom. The summed E-state index contributed by atoms with van der Waals surface area (Å²) in [7, 11) is 0. The van der Waals surface area contributed by atoms with E-state index < -0.39 is 0 Å². The number of carbonyl (C=O) groups is 1. The van der Waals surface area contributed by atoms with Gasteiger partial charge in [0.25, 0.3) is 0 Å². The van der Waals surface area contributed by atoms with E-state index in [1.807, 2.05) is 12.1 Å². The molecular formula is C18H15ClO2. The maximum Gasteiger partial charge on any atom is 0.189 e. The lowest BCUT2D eigenvalue weighted by molar-refractivity contribution is 0.104. The standard InChI is InChI=1S/C18H15ClO2/c1-2-4-14-5-3-6-16(18(14)21)17(20)12-9-13-7-10-15(19)11-8-13/h2-3,5-12,21H,1,4H2/b12-9+. The highest BCUT2D eigenvalue weighted by Gasteiger charge is 2.11. The van der Waals surface area contributed by atoms with E-state index in [0.29, 0.717) is 22.6 Å². The van der Waals surface area contributed by atoms with Crippen LogP contribution in [0.3, 0.4) is 0 Å². The van der Waals surface area contributed by atoms with E-state index in [9.17, 15) is 9.90 Å². The van der Waals surface area contributed by atoms with Crippen LogP contribution in [0.4, 0.5) is 0 Å². The first kappa shape index (κ1) is 15.1. The fourth-order valence-electron chi connectivity index (χ4n) is 1.95. The number of phenolic OH excluding ortho intramolecular Hbond substituents is 1. The molecule has 0 saturated heterocycles. The maximum absolute atomic E-state index is 12.2. The van der Waals surface area contributed by atoms with Crippen LogP contribution < -0.4 is 0 Å². The molecule has 0 fully saturated rings. The van der Waals surface area contributed by atoms with Crippen molar-refractivity contribution in [3.05, 3.63) is 82.9 Å². The van der Waals surface area contributed by atoms with Crippen molar-refractivity contribution in [1.82, 2.24) is 0 Å². The molecule has 2 rings (SSSR count). The zero-order valence-corrected chi connectivity index (χ0v) is 12.2. The molecule has 0 aliphatic carbocycles. The molecule has 0 spiro atoms. The number of hydrogen-bond donors (Lipinski definition) is 1. The van der Waals surface area contributed by atoms with Crippen LogP contribution in [-0.4, -0.2) is 10.9 Å². The molecule has 0 unspecified atom stereocenters. The molecule has 2 aromatic rings. The molecule has 2 aromatic carbocycles. The largest absolute Gasteiger partial charge is 0.507 e. The lowest BCUT2D eigenvalue weighted by Crippen LogP contribution is -1.97. The second-order valence-corrected chi connectivity index (χ2v) is 4.99. The number of carbonyl (C=O) groups excluding carboxylic acids is 1. The highest BCUT2D eigenvalue weighted by Crippen LogP contribution is 2.24. The van der Waals surface area contributed by atoms with E-state index in [1.54, 1.807) is 42.5 Å². The smallest absolute Gasteiger partial charge is 0.189 e. The number of benzene rings is 2. The summed E-state index contributed by atoms with van der Waals surface area (Å²) in [5.41, 5.74) is 1.85. The van der Waals surface area contributed by atoms with Gasteiger partial charge in [0.05, 0.1) is 5.56 Å². The molecule has 3 heteroatoms. The highest BCUT2D eigenvalue weighted by atomic mass is 35.5. The Labute approximate surface area is 129 Å². The second-order valence-electron chi connectivity index (χ2n) is 4.56. The minimum absolute atomic E-state index is 0.0168. The van der Waals surface area contributed by atoms with E-state index >= 15 is 0 Å². The normalized spacial score (nSPS) is 10.7. The quantitative estimate of drug-likeness (QED) is 0.495. The SMILES string of the molecule is C=CCc1cccc(C(=O)/C=C/c2ccc(Cl)cc2)c1O. The molecule has 0 aliphatic heterocycles. The van der Waals surface area contributed by atoms with Gasteiger partial charge in [-0.05, 0) is 41.8 Å². The number of para-hydroxylation sites is 1. The van der Waals surface area contributed by atoms with Gasteiger partial charge in [0.15, 0.2) is 5.78 Å². The Bertz CT molecular complexity index is 685. The molecule has 0 radical (unpaired) electrons. The molecule has 0 aromatic heterocycles. The Balaban J connectivity index is 2.22. The van der Waals surface area contributed by atoms with Gasteiger partial charge in [0.2, 0.25) is 0 Å². The number of rotatable bonds is 5. The predicted octanol–water partition coefficient (Wildman–Crippen LogP) is 4.67. The van der Waals surface area contributed by atoms with Crippen molar-refractivity contribution >= 4 is 23.5 Å². The second kappa shape index (κ2) is 6.91. The molecule has 0 saturated carbocycles. The van der Waals surface area contributed by atoms with Crippen molar-refractivity contribution in [1.29, 1.82) is 0 Å². The number of hydrogen-bond acceptors (Lipinski definition) is 2. The number of ketones is 1. The molecule has 0 aliphatic rings. The Morgan fingerprint density at radius 1 is 1.19 bits per heavy atom. The summed E-state index contributed by atoms with van der Waals surface area (Å²) < 4.78 is 0. The van der Waals surface area contributed by atoms with Crippen LogP contribution >= 0.6 is 11.6 Å². The minimum atomic E-state index is -0.242. The summed E-state index contributed by atoms with van der Waals surface area (Å²) in [5, 5.41) is 10.8. The molecule has 0 atom stereocenters. The van der Waals surface area contributed by atoms with Gasteiger partial charge in [0, 0.05) is 5.02 Å². The molecule has 2 nitrogen and oxygen atoms in total. The van der Waals surface area contributed by atoms with Crippen LogP contribution in [0.1, 0.15) is 21.5 Å². The molecule has 0 bridgehead atoms. The number of aromatic hydroxyl groups is 1. The van der Waals surface area contributed by atoms with Crippen molar-refractivity contribution in [2.45, 2.75) is 6.42 Å². The lowest BCUT2D eigenvalue weighted by Gasteiger charge is -2.05. The Hall–Kier alpha value is -2.32. The van der Waals surface area contributed by atoms with Gasteiger partial charge in [-0.15, -0.1) is 6.58 Å². The third-order valence-corrected chi connectivity index (χ3v) is 3.30. The van der Waals surface area contributed by atoms with Gasteiger partial charge in [0.1, 0.15) is 5.75 Å². The minimum Gasteiger partial charge on any atom is -0.507 e. The van der Waals surface area contributed by atoms with Gasteiger partial charge in [-0.25, -0.2) is 0 Å². The molecule has 0 amide bonds. The maximum atomic E-state index is 12.2. The lowest BCUT2D eigenvalue weighted by atomic mass is 10.0. The fourth-order valence-corrected chi connectivity index (χ4v) is 2.07. The zero-order valence-electron chi connectivity index (χ0n) is 11.4. The van der Waals surface area contributed by atoms with E-state index in [2.05, 4.69) is 6.58 Å². The molecule has 106 valence electrons.